The summed E-state index contributed by atoms with van der Waals surface area (Å²) >= 11 is 0. The van der Waals surface area contributed by atoms with Crippen LogP contribution in [0.4, 0.5) is 5.69 Å². The summed E-state index contributed by atoms with van der Waals surface area (Å²) < 4.78 is 10.5. The van der Waals surface area contributed by atoms with E-state index in [1.807, 2.05) is 42.5 Å². The number of rotatable bonds is 8. The lowest BCUT2D eigenvalue weighted by atomic mass is 10.1. The van der Waals surface area contributed by atoms with Gasteiger partial charge in [-0.2, -0.15) is 0 Å². The van der Waals surface area contributed by atoms with Crippen LogP contribution in [0.2, 0.25) is 0 Å². The van der Waals surface area contributed by atoms with Gasteiger partial charge in [-0.3, -0.25) is 4.79 Å². The number of carbonyl (C=O) groups is 1. The van der Waals surface area contributed by atoms with Gasteiger partial charge in [0.2, 0.25) is 5.91 Å². The Balaban J connectivity index is 1.77. The zero-order valence-electron chi connectivity index (χ0n) is 14.5. The van der Waals surface area contributed by atoms with E-state index in [9.17, 15) is 4.79 Å². The summed E-state index contributed by atoms with van der Waals surface area (Å²) in [6.07, 6.45) is 6.07. The quantitative estimate of drug-likeness (QED) is 0.726. The number of terminal acetylenes is 1. The maximum absolute atomic E-state index is 11.9. The highest BCUT2D eigenvalue weighted by Crippen LogP contribution is 2.27. The van der Waals surface area contributed by atoms with Crippen molar-refractivity contribution in [2.75, 3.05) is 32.6 Å². The molecule has 2 aromatic rings. The van der Waals surface area contributed by atoms with Gasteiger partial charge in [-0.15, -0.1) is 6.42 Å². The molecule has 5 nitrogen and oxygen atoms in total. The van der Waals surface area contributed by atoms with E-state index >= 15 is 0 Å². The number of anilines is 1. The highest BCUT2D eigenvalue weighted by Gasteiger charge is 2.05. The molecule has 2 N–H and O–H groups in total. The van der Waals surface area contributed by atoms with E-state index in [0.29, 0.717) is 24.5 Å². The van der Waals surface area contributed by atoms with Crippen LogP contribution in [-0.2, 0) is 11.2 Å². The minimum Gasteiger partial charge on any atom is -0.493 e. The Morgan fingerprint density at radius 1 is 1.12 bits per heavy atom. The molecule has 0 aliphatic carbocycles. The first-order valence-corrected chi connectivity index (χ1v) is 7.94. The molecule has 25 heavy (non-hydrogen) atoms. The third-order valence-corrected chi connectivity index (χ3v) is 3.67. The largest absolute Gasteiger partial charge is 0.493 e. The van der Waals surface area contributed by atoms with Gasteiger partial charge in [0.05, 0.1) is 20.8 Å². The van der Waals surface area contributed by atoms with E-state index in [0.717, 1.165) is 16.8 Å². The molecule has 0 fully saturated rings. The van der Waals surface area contributed by atoms with E-state index in [4.69, 9.17) is 15.9 Å². The number of ether oxygens (including phenoxy) is 2. The Morgan fingerprint density at radius 2 is 1.92 bits per heavy atom. The van der Waals surface area contributed by atoms with Crippen LogP contribution in [0.1, 0.15) is 11.1 Å². The number of hydrogen-bond acceptors (Lipinski definition) is 4. The number of carbonyl (C=O) groups excluding carboxylic acids is 1. The summed E-state index contributed by atoms with van der Waals surface area (Å²) in [5.74, 6) is 3.86. The van der Waals surface area contributed by atoms with Crippen LogP contribution >= 0.6 is 0 Å². The molecule has 2 aromatic carbocycles. The van der Waals surface area contributed by atoms with Gasteiger partial charge < -0.3 is 20.1 Å². The van der Waals surface area contributed by atoms with Crippen molar-refractivity contribution in [1.29, 1.82) is 0 Å². The average molecular weight is 338 g/mol. The monoisotopic (exact) mass is 338 g/mol. The molecule has 0 saturated carbocycles. The molecule has 0 saturated heterocycles. The zero-order chi connectivity index (χ0) is 18.1. The van der Waals surface area contributed by atoms with Gasteiger partial charge in [-0.05, 0) is 42.3 Å². The summed E-state index contributed by atoms with van der Waals surface area (Å²) in [4.78, 5) is 11.9. The third kappa shape index (κ3) is 5.47. The van der Waals surface area contributed by atoms with E-state index in [1.54, 1.807) is 14.2 Å². The van der Waals surface area contributed by atoms with Crippen molar-refractivity contribution in [3.8, 4) is 23.8 Å². The fraction of sp³-hybridized carbons (Fsp3) is 0.250. The molecule has 0 radical (unpaired) electrons. The predicted octanol–water partition coefficient (Wildman–Crippen LogP) is 2.46. The fourth-order valence-corrected chi connectivity index (χ4v) is 2.35. The number of methoxy groups -OCH3 is 2. The van der Waals surface area contributed by atoms with Gasteiger partial charge in [0, 0.05) is 17.8 Å². The van der Waals surface area contributed by atoms with Crippen molar-refractivity contribution in [1.82, 2.24) is 5.32 Å². The molecular weight excluding hydrogens is 316 g/mol. The Morgan fingerprint density at radius 3 is 2.64 bits per heavy atom. The Hall–Kier alpha value is -3.13. The lowest BCUT2D eigenvalue weighted by Crippen LogP contribution is -2.31. The van der Waals surface area contributed by atoms with Gasteiger partial charge >= 0.3 is 0 Å². The molecule has 0 aliphatic heterocycles. The van der Waals surface area contributed by atoms with Crippen LogP contribution < -0.4 is 20.1 Å². The summed E-state index contributed by atoms with van der Waals surface area (Å²) in [5, 5.41) is 5.94. The van der Waals surface area contributed by atoms with Crippen molar-refractivity contribution < 1.29 is 14.3 Å². The van der Waals surface area contributed by atoms with Crippen molar-refractivity contribution >= 4 is 11.6 Å². The zero-order valence-corrected chi connectivity index (χ0v) is 14.5. The average Bonchev–Trinajstić information content (AvgIpc) is 2.66. The second-order valence-corrected chi connectivity index (χ2v) is 5.37. The molecule has 5 heteroatoms. The Labute approximate surface area is 148 Å². The third-order valence-electron chi connectivity index (χ3n) is 3.67. The fourth-order valence-electron chi connectivity index (χ4n) is 2.35. The molecule has 0 spiro atoms. The first kappa shape index (κ1) is 18.2. The van der Waals surface area contributed by atoms with Crippen LogP contribution in [0.5, 0.6) is 11.5 Å². The molecule has 0 aromatic heterocycles. The SMILES string of the molecule is C#Cc1cccc(NCC(=O)NCCc2ccc(OC)c(OC)c2)c1. The smallest absolute Gasteiger partial charge is 0.239 e. The standard InChI is InChI=1S/C20H22N2O3/c1-4-15-6-5-7-17(12-15)22-14-20(23)21-11-10-16-8-9-18(24-2)19(13-16)25-3/h1,5-9,12-13,22H,10-11,14H2,2-3H3,(H,21,23). The maximum Gasteiger partial charge on any atom is 0.239 e. The highest BCUT2D eigenvalue weighted by atomic mass is 16.5. The van der Waals surface area contributed by atoms with Crippen molar-refractivity contribution in [2.45, 2.75) is 6.42 Å². The molecule has 0 unspecified atom stereocenters. The molecule has 1 amide bonds. The van der Waals surface area contributed by atoms with E-state index in [-0.39, 0.29) is 12.5 Å². The lowest BCUT2D eigenvalue weighted by Gasteiger charge is -2.11. The number of nitrogens with one attached hydrogen (secondary N) is 2. The van der Waals surface area contributed by atoms with Crippen LogP contribution in [0.15, 0.2) is 42.5 Å². The van der Waals surface area contributed by atoms with Gasteiger partial charge in [0.15, 0.2) is 11.5 Å². The minimum absolute atomic E-state index is 0.0772. The molecule has 2 rings (SSSR count). The molecule has 0 aliphatic rings. The second-order valence-electron chi connectivity index (χ2n) is 5.37. The summed E-state index contributed by atoms with van der Waals surface area (Å²) in [6, 6.07) is 13.1. The van der Waals surface area contributed by atoms with E-state index < -0.39 is 0 Å². The molecule has 0 heterocycles. The van der Waals surface area contributed by atoms with Gasteiger partial charge in [0.25, 0.3) is 0 Å². The summed E-state index contributed by atoms with van der Waals surface area (Å²) in [7, 11) is 3.20. The first-order chi connectivity index (χ1) is 12.2. The van der Waals surface area contributed by atoms with Crippen LogP contribution in [-0.4, -0.2) is 33.2 Å². The maximum atomic E-state index is 11.9. The van der Waals surface area contributed by atoms with Crippen molar-refractivity contribution in [3.63, 3.8) is 0 Å². The summed E-state index contributed by atoms with van der Waals surface area (Å²) in [6.45, 7) is 0.736. The van der Waals surface area contributed by atoms with Crippen molar-refractivity contribution in [2.24, 2.45) is 0 Å². The second kappa shape index (κ2) is 9.24. The lowest BCUT2D eigenvalue weighted by molar-refractivity contribution is -0.119. The number of amides is 1. The van der Waals surface area contributed by atoms with Crippen molar-refractivity contribution in [3.05, 3.63) is 53.6 Å². The molecule has 0 atom stereocenters. The normalized spacial score (nSPS) is 9.80. The topological polar surface area (TPSA) is 59.6 Å². The molecule has 0 bridgehead atoms. The van der Waals surface area contributed by atoms with E-state index in [1.165, 1.54) is 0 Å². The van der Waals surface area contributed by atoms with Crippen LogP contribution in [0.25, 0.3) is 0 Å². The van der Waals surface area contributed by atoms with Crippen LogP contribution in [0.3, 0.4) is 0 Å². The minimum atomic E-state index is -0.0772. The number of hydrogen-bond donors (Lipinski definition) is 2. The van der Waals surface area contributed by atoms with Gasteiger partial charge in [-0.1, -0.05) is 18.1 Å². The van der Waals surface area contributed by atoms with Gasteiger partial charge in [0.1, 0.15) is 0 Å². The summed E-state index contributed by atoms with van der Waals surface area (Å²) in [5.41, 5.74) is 2.66. The Bertz CT molecular complexity index is 766. The number of benzene rings is 2. The van der Waals surface area contributed by atoms with Gasteiger partial charge in [-0.25, -0.2) is 0 Å². The predicted molar refractivity (Wildman–Crippen MR) is 99.1 cm³/mol. The van der Waals surface area contributed by atoms with E-state index in [2.05, 4.69) is 16.6 Å². The first-order valence-electron chi connectivity index (χ1n) is 7.94. The highest BCUT2D eigenvalue weighted by molar-refractivity contribution is 5.80. The molecular formula is C20H22N2O3. The van der Waals surface area contributed by atoms with Crippen LogP contribution in [0, 0.1) is 12.3 Å². The Kier molecular flexibility index (Phi) is 6.73. The molecule has 130 valence electrons.